The minimum Gasteiger partial charge on any atom is -0.331 e. The van der Waals surface area contributed by atoms with Crippen LogP contribution in [0.25, 0.3) is 0 Å². The molecule has 0 heterocycles. The number of hydrogen-bond acceptors (Lipinski definition) is 4. The highest BCUT2D eigenvalue weighted by molar-refractivity contribution is 7.51. The number of nitrogens with one attached hydrogen (secondary N) is 1. The fourth-order valence-electron chi connectivity index (χ4n) is 0.384. The van der Waals surface area contributed by atoms with Crippen LogP contribution >= 0.6 is 7.60 Å². The highest BCUT2D eigenvalue weighted by Gasteiger charge is 2.11. The van der Waals surface area contributed by atoms with Gasteiger partial charge in [0, 0.05) is 6.66 Å². The maximum atomic E-state index is 10.7. The van der Waals surface area contributed by atoms with Gasteiger partial charge in [-0.05, 0) is 6.92 Å². The molecule has 0 aliphatic heterocycles. The van der Waals surface area contributed by atoms with Crippen molar-refractivity contribution in [1.29, 1.82) is 0 Å². The molecule has 0 aromatic heterocycles. The summed E-state index contributed by atoms with van der Waals surface area (Å²) in [6.45, 7) is 2.23. The molecule has 0 fully saturated rings. The zero-order chi connectivity index (χ0) is 9.78. The third kappa shape index (κ3) is 6.30. The Hall–Kier alpha value is -0.420. The van der Waals surface area contributed by atoms with Crippen molar-refractivity contribution in [3.8, 4) is 0 Å². The minimum absolute atomic E-state index is 0.301. The lowest BCUT2D eigenvalue weighted by atomic mass is 10.3. The maximum absolute atomic E-state index is 10.7. The third-order valence-electron chi connectivity index (χ3n) is 0.964. The van der Waals surface area contributed by atoms with Gasteiger partial charge in [0.1, 0.15) is 6.73 Å². The molecule has 0 saturated carbocycles. The highest BCUT2D eigenvalue weighted by atomic mass is 31.2. The zero-order valence-electron chi connectivity index (χ0n) is 6.98. The van der Waals surface area contributed by atoms with Crippen LogP contribution in [0.2, 0.25) is 0 Å². The molecular formula is C5H13N2O4P. The molecule has 6 nitrogen and oxygen atoms in total. The average Bonchev–Trinajstić information content (AvgIpc) is 1.84. The van der Waals surface area contributed by atoms with E-state index in [0.29, 0.717) is 0 Å². The van der Waals surface area contributed by atoms with Crippen molar-refractivity contribution in [2.45, 2.75) is 13.0 Å². The van der Waals surface area contributed by atoms with E-state index in [4.69, 9.17) is 10.6 Å². The molecule has 0 rings (SSSR count). The second-order valence-electron chi connectivity index (χ2n) is 2.41. The molecule has 7 heteroatoms. The molecule has 0 aromatic carbocycles. The Morgan fingerprint density at radius 2 is 2.33 bits per heavy atom. The topological polar surface area (TPSA) is 102 Å². The molecule has 0 saturated heterocycles. The molecule has 0 aliphatic rings. The summed E-state index contributed by atoms with van der Waals surface area (Å²) in [6, 6.07) is -0.650. The fraction of sp³-hybridized carbons (Fsp3) is 0.800. The van der Waals surface area contributed by atoms with Gasteiger partial charge in [-0.3, -0.25) is 13.9 Å². The molecule has 72 valence electrons. The van der Waals surface area contributed by atoms with Gasteiger partial charge in [-0.25, -0.2) is 0 Å². The summed E-state index contributed by atoms with van der Waals surface area (Å²) in [5.74, 6) is -0.427. The summed E-state index contributed by atoms with van der Waals surface area (Å²) in [7, 11) is -3.51. The van der Waals surface area contributed by atoms with Gasteiger partial charge in [0.05, 0.1) is 6.04 Å². The molecule has 1 unspecified atom stereocenters. The summed E-state index contributed by atoms with van der Waals surface area (Å²) in [5, 5.41) is 2.22. The SMILES string of the molecule is C[C@H](N)C(=O)NCOP(C)(=O)O. The van der Waals surface area contributed by atoms with Crippen molar-refractivity contribution in [1.82, 2.24) is 5.32 Å². The number of rotatable bonds is 4. The van der Waals surface area contributed by atoms with Gasteiger partial charge in [-0.15, -0.1) is 0 Å². The lowest BCUT2D eigenvalue weighted by molar-refractivity contribution is -0.122. The van der Waals surface area contributed by atoms with Crippen LogP contribution in [-0.4, -0.2) is 30.2 Å². The molecule has 0 bridgehead atoms. The van der Waals surface area contributed by atoms with Crippen molar-refractivity contribution in [2.75, 3.05) is 13.4 Å². The van der Waals surface area contributed by atoms with Crippen molar-refractivity contribution in [3.63, 3.8) is 0 Å². The second kappa shape index (κ2) is 4.57. The number of amides is 1. The largest absolute Gasteiger partial charge is 0.331 e. The fourth-order valence-corrected chi connectivity index (χ4v) is 0.688. The lowest BCUT2D eigenvalue weighted by Gasteiger charge is -2.09. The highest BCUT2D eigenvalue weighted by Crippen LogP contribution is 2.35. The van der Waals surface area contributed by atoms with E-state index in [2.05, 4.69) is 9.84 Å². The van der Waals surface area contributed by atoms with Crippen LogP contribution < -0.4 is 11.1 Å². The van der Waals surface area contributed by atoms with E-state index >= 15 is 0 Å². The number of nitrogens with two attached hydrogens (primary N) is 1. The Morgan fingerprint density at radius 1 is 1.83 bits per heavy atom. The van der Waals surface area contributed by atoms with E-state index in [-0.39, 0.29) is 6.73 Å². The Bertz CT molecular complexity index is 200. The van der Waals surface area contributed by atoms with E-state index in [9.17, 15) is 9.36 Å². The van der Waals surface area contributed by atoms with E-state index < -0.39 is 19.5 Å². The molecule has 4 N–H and O–H groups in total. The van der Waals surface area contributed by atoms with Crippen molar-refractivity contribution in [3.05, 3.63) is 0 Å². The van der Waals surface area contributed by atoms with Crippen molar-refractivity contribution in [2.24, 2.45) is 5.73 Å². The van der Waals surface area contributed by atoms with E-state index in [1.807, 2.05) is 0 Å². The van der Waals surface area contributed by atoms with Gasteiger partial charge in [0.15, 0.2) is 0 Å². The summed E-state index contributed by atoms with van der Waals surface area (Å²) in [5.41, 5.74) is 5.19. The predicted molar refractivity (Wildman–Crippen MR) is 43.5 cm³/mol. The molecule has 1 amide bonds. The van der Waals surface area contributed by atoms with Gasteiger partial charge in [-0.1, -0.05) is 0 Å². The van der Waals surface area contributed by atoms with E-state index in [0.717, 1.165) is 6.66 Å². The van der Waals surface area contributed by atoms with Gasteiger partial charge in [0.2, 0.25) is 5.91 Å². The van der Waals surface area contributed by atoms with Crippen LogP contribution in [0.3, 0.4) is 0 Å². The maximum Gasteiger partial charge on any atom is 0.326 e. The van der Waals surface area contributed by atoms with Crippen LogP contribution in [0.15, 0.2) is 0 Å². The molecule has 0 aromatic rings. The monoisotopic (exact) mass is 196 g/mol. The van der Waals surface area contributed by atoms with Crippen molar-refractivity contribution >= 4 is 13.5 Å². The normalized spacial score (nSPS) is 18.0. The summed E-state index contributed by atoms with van der Waals surface area (Å²) < 4.78 is 14.9. The van der Waals surface area contributed by atoms with Crippen LogP contribution in [-0.2, 0) is 13.9 Å². The van der Waals surface area contributed by atoms with E-state index in [1.54, 1.807) is 0 Å². The molecular weight excluding hydrogens is 183 g/mol. The number of hydrogen-bond donors (Lipinski definition) is 3. The molecule has 2 atom stereocenters. The molecule has 0 aliphatic carbocycles. The first-order valence-corrected chi connectivity index (χ1v) is 5.33. The average molecular weight is 196 g/mol. The molecule has 0 spiro atoms. The smallest absolute Gasteiger partial charge is 0.326 e. The Morgan fingerprint density at radius 3 is 2.67 bits per heavy atom. The van der Waals surface area contributed by atoms with Crippen LogP contribution in [0.1, 0.15) is 6.92 Å². The van der Waals surface area contributed by atoms with Crippen LogP contribution in [0.5, 0.6) is 0 Å². The van der Waals surface area contributed by atoms with Crippen molar-refractivity contribution < 1.29 is 18.8 Å². The Labute approximate surface area is 70.6 Å². The summed E-state index contributed by atoms with van der Waals surface area (Å²) >= 11 is 0. The first kappa shape index (κ1) is 11.6. The van der Waals surface area contributed by atoms with Gasteiger partial charge in [-0.2, -0.15) is 0 Å². The standard InChI is InChI=1S/C5H13N2O4P/c1-4(6)5(8)7-3-11-12(2,9)10/h4H,3,6H2,1-2H3,(H,7,8)(H,9,10)/t4-/m0/s1. The minimum atomic E-state index is -3.51. The van der Waals surface area contributed by atoms with Gasteiger partial charge in [0.25, 0.3) is 0 Å². The number of carbonyl (C=O) groups is 1. The van der Waals surface area contributed by atoms with E-state index in [1.165, 1.54) is 6.92 Å². The Kier molecular flexibility index (Phi) is 4.41. The Balaban J connectivity index is 3.58. The van der Waals surface area contributed by atoms with Gasteiger partial charge < -0.3 is 15.9 Å². The van der Waals surface area contributed by atoms with Gasteiger partial charge >= 0.3 is 7.60 Å². The lowest BCUT2D eigenvalue weighted by Crippen LogP contribution is -2.39. The molecule has 0 radical (unpaired) electrons. The summed E-state index contributed by atoms with van der Waals surface area (Å²) in [4.78, 5) is 19.4. The quantitative estimate of drug-likeness (QED) is 0.405. The van der Waals surface area contributed by atoms with Crippen LogP contribution in [0.4, 0.5) is 0 Å². The summed E-state index contributed by atoms with van der Waals surface area (Å²) in [6.07, 6.45) is 0. The first-order valence-electron chi connectivity index (χ1n) is 3.31. The first-order chi connectivity index (χ1) is 5.33. The second-order valence-corrected chi connectivity index (χ2v) is 4.27. The predicted octanol–water partition coefficient (Wildman–Crippen LogP) is -0.761. The third-order valence-corrected chi connectivity index (χ3v) is 1.57. The zero-order valence-corrected chi connectivity index (χ0v) is 7.88. The number of carbonyl (C=O) groups excluding carboxylic acids is 1. The molecule has 12 heavy (non-hydrogen) atoms. The van der Waals surface area contributed by atoms with Crippen LogP contribution in [0, 0.1) is 0 Å².